The second kappa shape index (κ2) is 4.07. The van der Waals surface area contributed by atoms with Gasteiger partial charge in [0.15, 0.2) is 0 Å². The standard InChI is InChI=1S/C10H11N3O2S/c11-16(14,15)10-5-2-1-4-9(10)8-13-7-3-6-12-13/h1-7H,8H2,(H2,11,14,15). The van der Waals surface area contributed by atoms with Crippen molar-refractivity contribution >= 4 is 10.0 Å². The monoisotopic (exact) mass is 237 g/mol. The predicted octanol–water partition coefficient (Wildman–Crippen LogP) is 0.579. The Morgan fingerprint density at radius 2 is 2.00 bits per heavy atom. The summed E-state index contributed by atoms with van der Waals surface area (Å²) in [4.78, 5) is 0.144. The Bertz CT molecular complexity index is 576. The number of primary sulfonamides is 1. The van der Waals surface area contributed by atoms with Crippen molar-refractivity contribution in [2.24, 2.45) is 5.14 Å². The molecule has 5 nitrogen and oxygen atoms in total. The van der Waals surface area contributed by atoms with Gasteiger partial charge < -0.3 is 0 Å². The first-order valence-corrected chi connectivity index (χ1v) is 6.20. The molecule has 1 aromatic heterocycles. The SMILES string of the molecule is NS(=O)(=O)c1ccccc1Cn1cccn1. The maximum Gasteiger partial charge on any atom is 0.238 e. The molecule has 0 spiro atoms. The second-order valence-corrected chi connectivity index (χ2v) is 4.89. The lowest BCUT2D eigenvalue weighted by Gasteiger charge is -2.07. The van der Waals surface area contributed by atoms with Crippen LogP contribution in [0.25, 0.3) is 0 Å². The van der Waals surface area contributed by atoms with Gasteiger partial charge in [-0.1, -0.05) is 18.2 Å². The summed E-state index contributed by atoms with van der Waals surface area (Å²) in [6.45, 7) is 0.388. The smallest absolute Gasteiger partial charge is 0.238 e. The van der Waals surface area contributed by atoms with Crippen molar-refractivity contribution in [1.29, 1.82) is 0 Å². The lowest BCUT2D eigenvalue weighted by atomic mass is 10.2. The molecule has 0 bridgehead atoms. The normalized spacial score (nSPS) is 11.6. The number of nitrogens with zero attached hydrogens (tertiary/aromatic N) is 2. The van der Waals surface area contributed by atoms with Crippen LogP contribution >= 0.6 is 0 Å². The fourth-order valence-corrected chi connectivity index (χ4v) is 2.25. The summed E-state index contributed by atoms with van der Waals surface area (Å²) in [5.41, 5.74) is 0.633. The van der Waals surface area contributed by atoms with Crippen LogP contribution in [0, 0.1) is 0 Å². The lowest BCUT2D eigenvalue weighted by Crippen LogP contribution is -2.15. The number of aromatic nitrogens is 2. The summed E-state index contributed by atoms with van der Waals surface area (Å²) in [5, 5.41) is 9.14. The van der Waals surface area contributed by atoms with E-state index in [1.165, 1.54) is 6.07 Å². The van der Waals surface area contributed by atoms with Gasteiger partial charge in [0, 0.05) is 12.4 Å². The summed E-state index contributed by atoms with van der Waals surface area (Å²) in [5.74, 6) is 0. The van der Waals surface area contributed by atoms with Crippen LogP contribution in [-0.4, -0.2) is 18.2 Å². The molecule has 0 atom stereocenters. The topological polar surface area (TPSA) is 78.0 Å². The van der Waals surface area contributed by atoms with Gasteiger partial charge in [0.1, 0.15) is 0 Å². The van der Waals surface area contributed by atoms with Gasteiger partial charge in [0.2, 0.25) is 10.0 Å². The zero-order valence-corrected chi connectivity index (χ0v) is 9.26. The number of nitrogens with two attached hydrogens (primary N) is 1. The number of hydrogen-bond donors (Lipinski definition) is 1. The zero-order valence-electron chi connectivity index (χ0n) is 8.45. The minimum absolute atomic E-state index is 0.144. The minimum atomic E-state index is -3.68. The highest BCUT2D eigenvalue weighted by Crippen LogP contribution is 2.14. The highest BCUT2D eigenvalue weighted by molar-refractivity contribution is 7.89. The van der Waals surface area contributed by atoms with Crippen LogP contribution in [-0.2, 0) is 16.6 Å². The molecule has 2 aromatic rings. The van der Waals surface area contributed by atoms with Crippen molar-refractivity contribution in [2.45, 2.75) is 11.4 Å². The fraction of sp³-hybridized carbons (Fsp3) is 0.100. The molecular formula is C10H11N3O2S. The molecule has 0 aliphatic rings. The van der Waals surface area contributed by atoms with Gasteiger partial charge in [0.05, 0.1) is 11.4 Å². The number of rotatable bonds is 3. The van der Waals surface area contributed by atoms with E-state index in [9.17, 15) is 8.42 Å². The van der Waals surface area contributed by atoms with Gasteiger partial charge in [-0.05, 0) is 17.7 Å². The van der Waals surface area contributed by atoms with Gasteiger partial charge in [-0.25, -0.2) is 13.6 Å². The maximum absolute atomic E-state index is 11.3. The molecule has 2 rings (SSSR count). The van der Waals surface area contributed by atoms with Crippen LogP contribution in [0.5, 0.6) is 0 Å². The summed E-state index contributed by atoms with van der Waals surface area (Å²) >= 11 is 0. The maximum atomic E-state index is 11.3. The number of hydrogen-bond acceptors (Lipinski definition) is 3. The molecule has 16 heavy (non-hydrogen) atoms. The Balaban J connectivity index is 2.42. The minimum Gasteiger partial charge on any atom is -0.268 e. The van der Waals surface area contributed by atoms with Gasteiger partial charge in [-0.2, -0.15) is 5.10 Å². The van der Waals surface area contributed by atoms with Crippen molar-refractivity contribution in [3.05, 3.63) is 48.3 Å². The summed E-state index contributed by atoms with van der Waals surface area (Å²) < 4.78 is 24.3. The van der Waals surface area contributed by atoms with Gasteiger partial charge in [0.25, 0.3) is 0 Å². The van der Waals surface area contributed by atoms with E-state index in [0.29, 0.717) is 12.1 Å². The highest BCUT2D eigenvalue weighted by atomic mass is 32.2. The Labute approximate surface area is 93.6 Å². The molecular weight excluding hydrogens is 226 g/mol. The third-order valence-corrected chi connectivity index (χ3v) is 3.18. The van der Waals surface area contributed by atoms with Crippen LogP contribution in [0.15, 0.2) is 47.6 Å². The first-order chi connectivity index (χ1) is 7.57. The molecule has 0 fully saturated rings. The van der Waals surface area contributed by atoms with Crippen LogP contribution in [0.3, 0.4) is 0 Å². The Morgan fingerprint density at radius 3 is 2.62 bits per heavy atom. The van der Waals surface area contributed by atoms with Crippen LogP contribution < -0.4 is 5.14 Å². The van der Waals surface area contributed by atoms with E-state index in [1.54, 1.807) is 41.3 Å². The average molecular weight is 237 g/mol. The lowest BCUT2D eigenvalue weighted by molar-refractivity contribution is 0.594. The Hall–Kier alpha value is -1.66. The molecule has 0 radical (unpaired) electrons. The highest BCUT2D eigenvalue weighted by Gasteiger charge is 2.12. The number of sulfonamides is 1. The van der Waals surface area contributed by atoms with E-state index in [4.69, 9.17) is 5.14 Å². The molecule has 2 N–H and O–H groups in total. The van der Waals surface area contributed by atoms with Crippen LogP contribution in [0.1, 0.15) is 5.56 Å². The molecule has 1 heterocycles. The molecule has 0 amide bonds. The molecule has 0 aliphatic carbocycles. The third-order valence-electron chi connectivity index (χ3n) is 2.17. The van der Waals surface area contributed by atoms with Gasteiger partial charge in [-0.15, -0.1) is 0 Å². The number of benzene rings is 1. The van der Waals surface area contributed by atoms with Gasteiger partial charge in [-0.3, -0.25) is 4.68 Å². The van der Waals surface area contributed by atoms with Crippen molar-refractivity contribution in [2.75, 3.05) is 0 Å². The van der Waals surface area contributed by atoms with Crippen molar-refractivity contribution in [3.63, 3.8) is 0 Å². The summed E-state index contributed by atoms with van der Waals surface area (Å²) in [6.07, 6.45) is 3.40. The molecule has 1 aromatic carbocycles. The van der Waals surface area contributed by atoms with E-state index in [0.717, 1.165) is 0 Å². The first kappa shape index (κ1) is 10.8. The first-order valence-electron chi connectivity index (χ1n) is 4.65. The molecule has 84 valence electrons. The van der Waals surface area contributed by atoms with Crippen molar-refractivity contribution < 1.29 is 8.42 Å². The predicted molar refractivity (Wildman–Crippen MR) is 59.1 cm³/mol. The van der Waals surface area contributed by atoms with E-state index in [-0.39, 0.29) is 4.90 Å². The zero-order chi connectivity index (χ0) is 11.6. The molecule has 0 saturated carbocycles. The van der Waals surface area contributed by atoms with Crippen molar-refractivity contribution in [3.8, 4) is 0 Å². The van der Waals surface area contributed by atoms with Gasteiger partial charge >= 0.3 is 0 Å². The second-order valence-electron chi connectivity index (χ2n) is 3.36. The van der Waals surface area contributed by atoms with E-state index >= 15 is 0 Å². The van der Waals surface area contributed by atoms with Crippen molar-refractivity contribution in [1.82, 2.24) is 9.78 Å². The summed E-state index contributed by atoms with van der Waals surface area (Å²) in [7, 11) is -3.68. The largest absolute Gasteiger partial charge is 0.268 e. The molecule has 6 heteroatoms. The Kier molecular flexibility index (Phi) is 2.76. The van der Waals surface area contributed by atoms with E-state index in [1.807, 2.05) is 0 Å². The van der Waals surface area contributed by atoms with E-state index in [2.05, 4.69) is 5.10 Å². The third kappa shape index (κ3) is 2.29. The average Bonchev–Trinajstić information content (AvgIpc) is 2.70. The quantitative estimate of drug-likeness (QED) is 0.848. The summed E-state index contributed by atoms with van der Waals surface area (Å²) in [6, 6.07) is 8.41. The molecule has 0 aliphatic heterocycles. The fourth-order valence-electron chi connectivity index (χ4n) is 1.48. The van der Waals surface area contributed by atoms with Crippen LogP contribution in [0.4, 0.5) is 0 Å². The molecule has 0 saturated heterocycles. The van der Waals surface area contributed by atoms with Crippen LogP contribution in [0.2, 0.25) is 0 Å². The molecule has 0 unspecified atom stereocenters. The van der Waals surface area contributed by atoms with E-state index < -0.39 is 10.0 Å². The Morgan fingerprint density at radius 1 is 1.25 bits per heavy atom.